The summed E-state index contributed by atoms with van der Waals surface area (Å²) in [4.78, 5) is 0. The zero-order valence-corrected chi connectivity index (χ0v) is 13.6. The zero-order chi connectivity index (χ0) is 14.9. The van der Waals surface area contributed by atoms with Crippen LogP contribution in [0.5, 0.6) is 0 Å². The average Bonchev–Trinajstić information content (AvgIpc) is 3.09. The minimum atomic E-state index is 0.827. The number of hydrogen-bond donors (Lipinski definition) is 1. The molecule has 22 heavy (non-hydrogen) atoms. The number of rotatable bonds is 2. The molecule has 0 aliphatic carbocycles. The molecule has 1 aliphatic rings. The summed E-state index contributed by atoms with van der Waals surface area (Å²) in [5.74, 6) is 1.91. The highest BCUT2D eigenvalue weighted by Crippen LogP contribution is 2.34. The van der Waals surface area contributed by atoms with E-state index >= 15 is 0 Å². The van der Waals surface area contributed by atoms with Crippen molar-refractivity contribution in [1.82, 2.24) is 9.78 Å². The molecule has 0 saturated heterocycles. The van der Waals surface area contributed by atoms with Crippen LogP contribution in [-0.2, 0) is 6.42 Å². The molecule has 112 valence electrons. The van der Waals surface area contributed by atoms with Gasteiger partial charge in [0, 0.05) is 16.6 Å². The molecule has 0 spiro atoms. The SMILES string of the molecule is Brc1cccc(-n2nc(-c3ccco3)c3c2NCCCC3)c1. The fourth-order valence-corrected chi connectivity index (χ4v) is 3.30. The Morgan fingerprint density at radius 1 is 1.18 bits per heavy atom. The van der Waals surface area contributed by atoms with Crippen LogP contribution in [0.4, 0.5) is 5.82 Å². The average molecular weight is 358 g/mol. The molecule has 0 radical (unpaired) electrons. The number of fused-ring (bicyclic) bond motifs is 1. The van der Waals surface area contributed by atoms with Crippen LogP contribution in [0, 0.1) is 0 Å². The number of hydrogen-bond acceptors (Lipinski definition) is 3. The van der Waals surface area contributed by atoms with Crippen molar-refractivity contribution in [3.05, 3.63) is 52.7 Å². The van der Waals surface area contributed by atoms with E-state index < -0.39 is 0 Å². The van der Waals surface area contributed by atoms with E-state index in [0.29, 0.717) is 0 Å². The first-order chi connectivity index (χ1) is 10.8. The first-order valence-electron chi connectivity index (χ1n) is 7.48. The zero-order valence-electron chi connectivity index (χ0n) is 12.1. The third-order valence-corrected chi connectivity index (χ3v) is 4.43. The third kappa shape index (κ3) is 2.35. The van der Waals surface area contributed by atoms with Crippen LogP contribution >= 0.6 is 15.9 Å². The standard InChI is InChI=1S/C17H16BrN3O/c18-12-5-3-6-13(11-12)21-17-14(7-1-2-9-19-17)16(20-21)15-8-4-10-22-15/h3-6,8,10-11,19H,1-2,7,9H2. The Bertz CT molecular complexity index is 792. The molecule has 1 aromatic carbocycles. The first kappa shape index (κ1) is 13.6. The molecule has 0 amide bonds. The molecule has 0 saturated carbocycles. The Kier molecular flexibility index (Phi) is 3.50. The second kappa shape index (κ2) is 5.65. The molecule has 0 bridgehead atoms. The molecule has 3 heterocycles. The summed E-state index contributed by atoms with van der Waals surface area (Å²) < 4.78 is 8.62. The fraction of sp³-hybridized carbons (Fsp3) is 0.235. The van der Waals surface area contributed by atoms with Gasteiger partial charge >= 0.3 is 0 Å². The highest BCUT2D eigenvalue weighted by molar-refractivity contribution is 9.10. The van der Waals surface area contributed by atoms with Crippen LogP contribution < -0.4 is 5.32 Å². The molecule has 0 fully saturated rings. The van der Waals surface area contributed by atoms with Crippen LogP contribution in [0.2, 0.25) is 0 Å². The lowest BCUT2D eigenvalue weighted by Crippen LogP contribution is -2.07. The molecule has 3 aromatic rings. The number of halogens is 1. The van der Waals surface area contributed by atoms with E-state index in [1.807, 2.05) is 28.9 Å². The molecule has 0 atom stereocenters. The summed E-state index contributed by atoms with van der Waals surface area (Å²) in [7, 11) is 0. The van der Waals surface area contributed by atoms with Crippen LogP contribution in [0.3, 0.4) is 0 Å². The van der Waals surface area contributed by atoms with E-state index in [9.17, 15) is 0 Å². The summed E-state index contributed by atoms with van der Waals surface area (Å²) in [5, 5.41) is 8.36. The van der Waals surface area contributed by atoms with E-state index in [1.165, 1.54) is 12.0 Å². The van der Waals surface area contributed by atoms with Crippen molar-refractivity contribution in [2.24, 2.45) is 0 Å². The van der Waals surface area contributed by atoms with Gasteiger partial charge in [0.1, 0.15) is 11.5 Å². The van der Waals surface area contributed by atoms with Crippen molar-refractivity contribution in [3.63, 3.8) is 0 Å². The van der Waals surface area contributed by atoms with E-state index in [1.54, 1.807) is 6.26 Å². The van der Waals surface area contributed by atoms with Gasteiger partial charge in [0.15, 0.2) is 5.76 Å². The number of benzene rings is 1. The predicted molar refractivity (Wildman–Crippen MR) is 90.4 cm³/mol. The van der Waals surface area contributed by atoms with E-state index in [0.717, 1.165) is 46.8 Å². The number of nitrogens with one attached hydrogen (secondary N) is 1. The normalized spacial score (nSPS) is 14.2. The second-order valence-electron chi connectivity index (χ2n) is 5.43. The van der Waals surface area contributed by atoms with Crippen molar-refractivity contribution >= 4 is 21.7 Å². The lowest BCUT2D eigenvalue weighted by atomic mass is 10.1. The van der Waals surface area contributed by atoms with Gasteiger partial charge in [0.25, 0.3) is 0 Å². The lowest BCUT2D eigenvalue weighted by Gasteiger charge is -2.09. The Morgan fingerprint density at radius 3 is 2.95 bits per heavy atom. The Balaban J connectivity index is 1.92. The maximum absolute atomic E-state index is 5.59. The maximum atomic E-state index is 5.59. The van der Waals surface area contributed by atoms with Gasteiger partial charge in [-0.1, -0.05) is 22.0 Å². The minimum Gasteiger partial charge on any atom is -0.463 e. The van der Waals surface area contributed by atoms with Gasteiger partial charge in [-0.15, -0.1) is 0 Å². The number of furan rings is 1. The highest BCUT2D eigenvalue weighted by atomic mass is 79.9. The van der Waals surface area contributed by atoms with E-state index in [4.69, 9.17) is 9.52 Å². The topological polar surface area (TPSA) is 43.0 Å². The van der Waals surface area contributed by atoms with Gasteiger partial charge in [0.2, 0.25) is 0 Å². The molecule has 2 aromatic heterocycles. The van der Waals surface area contributed by atoms with Crippen LogP contribution in [-0.4, -0.2) is 16.3 Å². The number of nitrogens with zero attached hydrogens (tertiary/aromatic N) is 2. The summed E-state index contributed by atoms with van der Waals surface area (Å²) in [6.07, 6.45) is 5.05. The molecule has 4 rings (SSSR count). The van der Waals surface area contributed by atoms with Gasteiger partial charge in [-0.2, -0.15) is 5.10 Å². The molecular formula is C17H16BrN3O. The van der Waals surface area contributed by atoms with Crippen LogP contribution in [0.1, 0.15) is 18.4 Å². The van der Waals surface area contributed by atoms with Crippen molar-refractivity contribution in [2.45, 2.75) is 19.3 Å². The molecule has 4 nitrogen and oxygen atoms in total. The smallest absolute Gasteiger partial charge is 0.154 e. The fourth-order valence-electron chi connectivity index (χ4n) is 2.91. The van der Waals surface area contributed by atoms with Crippen molar-refractivity contribution in [3.8, 4) is 17.1 Å². The summed E-state index contributed by atoms with van der Waals surface area (Å²) in [6, 6.07) is 12.1. The monoisotopic (exact) mass is 357 g/mol. The van der Waals surface area contributed by atoms with Crippen LogP contribution in [0.15, 0.2) is 51.6 Å². The third-order valence-electron chi connectivity index (χ3n) is 3.94. The maximum Gasteiger partial charge on any atom is 0.154 e. The van der Waals surface area contributed by atoms with Gasteiger partial charge in [-0.25, -0.2) is 4.68 Å². The van der Waals surface area contributed by atoms with Crippen molar-refractivity contribution in [1.29, 1.82) is 0 Å². The van der Waals surface area contributed by atoms with E-state index in [-0.39, 0.29) is 0 Å². The Morgan fingerprint density at radius 2 is 2.14 bits per heavy atom. The Hall–Kier alpha value is -2.01. The van der Waals surface area contributed by atoms with Crippen molar-refractivity contribution < 1.29 is 4.42 Å². The van der Waals surface area contributed by atoms with Gasteiger partial charge in [-0.05, 0) is 49.6 Å². The van der Waals surface area contributed by atoms with Crippen LogP contribution in [0.25, 0.3) is 17.1 Å². The molecule has 0 unspecified atom stereocenters. The molecule has 5 heteroatoms. The number of anilines is 1. The molecule has 1 N–H and O–H groups in total. The lowest BCUT2D eigenvalue weighted by molar-refractivity contribution is 0.578. The quantitative estimate of drug-likeness (QED) is 0.726. The summed E-state index contributed by atoms with van der Waals surface area (Å²) >= 11 is 3.54. The second-order valence-corrected chi connectivity index (χ2v) is 6.34. The summed E-state index contributed by atoms with van der Waals surface area (Å²) in [5.41, 5.74) is 3.22. The first-order valence-corrected chi connectivity index (χ1v) is 8.28. The number of aromatic nitrogens is 2. The summed E-state index contributed by atoms with van der Waals surface area (Å²) in [6.45, 7) is 0.976. The van der Waals surface area contributed by atoms with Gasteiger partial charge < -0.3 is 9.73 Å². The predicted octanol–water partition coefficient (Wildman–Crippen LogP) is 4.64. The largest absolute Gasteiger partial charge is 0.463 e. The Labute approximate surface area is 137 Å². The molecule has 1 aliphatic heterocycles. The van der Waals surface area contributed by atoms with Crippen molar-refractivity contribution in [2.75, 3.05) is 11.9 Å². The van der Waals surface area contributed by atoms with Gasteiger partial charge in [-0.3, -0.25) is 0 Å². The minimum absolute atomic E-state index is 0.827. The van der Waals surface area contributed by atoms with Gasteiger partial charge in [0.05, 0.1) is 12.0 Å². The van der Waals surface area contributed by atoms with E-state index in [2.05, 4.69) is 33.4 Å². The molecular weight excluding hydrogens is 342 g/mol. The highest BCUT2D eigenvalue weighted by Gasteiger charge is 2.22.